The Morgan fingerprint density at radius 3 is 2.74 bits per heavy atom. The molecule has 1 aliphatic heterocycles. The monoisotopic (exact) mass is 269 g/mol. The van der Waals surface area contributed by atoms with E-state index in [1.165, 1.54) is 6.07 Å². The Hall–Kier alpha value is -1.79. The fraction of sp³-hybridized carbons (Fsp3) is 0.188. The fourth-order valence-electron chi connectivity index (χ4n) is 2.59. The maximum absolute atomic E-state index is 14.0. The molecule has 19 heavy (non-hydrogen) atoms. The molecule has 0 fully saturated rings. The van der Waals surface area contributed by atoms with Crippen molar-refractivity contribution in [3.63, 3.8) is 0 Å². The van der Waals surface area contributed by atoms with E-state index >= 15 is 0 Å². The Balaban J connectivity index is 2.23. The molecule has 1 nitrogen and oxygen atoms in total. The van der Waals surface area contributed by atoms with Gasteiger partial charge in [0, 0.05) is 22.1 Å². The van der Waals surface area contributed by atoms with Gasteiger partial charge >= 0.3 is 0 Å². The Morgan fingerprint density at radius 1 is 1.21 bits per heavy atom. The first-order valence-corrected chi connectivity index (χ1v) is 7.14. The highest BCUT2D eigenvalue weighted by molar-refractivity contribution is 7.98. The molecule has 3 rings (SSSR count). The average molecular weight is 269 g/mol. The number of nitriles is 1. The largest absolute Gasteiger partial charge is 0.207 e. The minimum Gasteiger partial charge on any atom is -0.207 e. The molecule has 0 bridgehead atoms. The number of hydrogen-bond donors (Lipinski definition) is 0. The van der Waals surface area contributed by atoms with Crippen LogP contribution >= 0.6 is 11.8 Å². The van der Waals surface area contributed by atoms with E-state index in [0.717, 1.165) is 21.6 Å². The Morgan fingerprint density at radius 2 is 1.95 bits per heavy atom. The van der Waals surface area contributed by atoms with Crippen molar-refractivity contribution in [3.05, 3.63) is 64.5 Å². The van der Waals surface area contributed by atoms with Crippen LogP contribution in [0.2, 0.25) is 0 Å². The van der Waals surface area contributed by atoms with Gasteiger partial charge < -0.3 is 0 Å². The van der Waals surface area contributed by atoms with Gasteiger partial charge in [0.1, 0.15) is 11.9 Å². The van der Waals surface area contributed by atoms with Crippen LogP contribution in [0.5, 0.6) is 0 Å². The zero-order valence-corrected chi connectivity index (χ0v) is 11.3. The lowest BCUT2D eigenvalue weighted by molar-refractivity contribution is 0.613. The van der Waals surface area contributed by atoms with E-state index < -0.39 is 0 Å². The first-order valence-electron chi connectivity index (χ1n) is 6.15. The molecule has 1 aliphatic rings. The summed E-state index contributed by atoms with van der Waals surface area (Å²) in [6.07, 6.45) is 0. The summed E-state index contributed by atoms with van der Waals surface area (Å²) in [7, 11) is 0. The third kappa shape index (κ3) is 1.93. The van der Waals surface area contributed by atoms with E-state index in [-0.39, 0.29) is 11.7 Å². The molecule has 3 heteroatoms. The second-order valence-electron chi connectivity index (χ2n) is 4.65. The molecule has 0 N–H and O–H groups in total. The third-order valence-corrected chi connectivity index (χ3v) is 4.79. The maximum Gasteiger partial charge on any atom is 0.127 e. The Labute approximate surface area is 116 Å². The minimum atomic E-state index is -0.150. The van der Waals surface area contributed by atoms with Crippen molar-refractivity contribution in [1.82, 2.24) is 0 Å². The number of rotatable bonds is 0. The van der Waals surface area contributed by atoms with Crippen molar-refractivity contribution in [3.8, 4) is 6.07 Å². The highest BCUT2D eigenvalue weighted by atomic mass is 32.2. The topological polar surface area (TPSA) is 23.8 Å². The van der Waals surface area contributed by atoms with E-state index in [4.69, 9.17) is 0 Å². The minimum absolute atomic E-state index is 0.115. The zero-order chi connectivity index (χ0) is 13.4. The molecule has 1 heterocycles. The SMILES string of the molecule is CC1c2cccc(F)c2CSc2c(C#N)cccc21. The predicted molar refractivity (Wildman–Crippen MR) is 74.6 cm³/mol. The van der Waals surface area contributed by atoms with E-state index in [9.17, 15) is 9.65 Å². The van der Waals surface area contributed by atoms with E-state index in [2.05, 4.69) is 13.0 Å². The maximum atomic E-state index is 14.0. The summed E-state index contributed by atoms with van der Waals surface area (Å²) in [4.78, 5) is 0.994. The highest BCUT2D eigenvalue weighted by Crippen LogP contribution is 2.42. The van der Waals surface area contributed by atoms with Crippen molar-refractivity contribution < 1.29 is 4.39 Å². The Kier molecular flexibility index (Phi) is 3.04. The van der Waals surface area contributed by atoms with Gasteiger partial charge in [-0.1, -0.05) is 31.2 Å². The van der Waals surface area contributed by atoms with Gasteiger partial charge in [0.15, 0.2) is 0 Å². The summed E-state index contributed by atoms with van der Waals surface area (Å²) in [5, 5.41) is 9.21. The number of nitrogens with zero attached hydrogens (tertiary/aromatic N) is 1. The quantitative estimate of drug-likeness (QED) is 0.705. The van der Waals surface area contributed by atoms with Crippen LogP contribution in [0.25, 0.3) is 0 Å². The van der Waals surface area contributed by atoms with E-state index in [0.29, 0.717) is 11.3 Å². The number of benzene rings is 2. The standard InChI is InChI=1S/C16H12FNS/c1-10-12-5-3-7-15(17)14(12)9-19-16-11(8-18)4-2-6-13(10)16/h2-7,10H,9H2,1H3. The van der Waals surface area contributed by atoms with Gasteiger partial charge in [0.2, 0.25) is 0 Å². The smallest absolute Gasteiger partial charge is 0.127 e. The summed E-state index contributed by atoms with van der Waals surface area (Å²) in [6, 6.07) is 13.2. The molecule has 0 aliphatic carbocycles. The van der Waals surface area contributed by atoms with Gasteiger partial charge in [0.25, 0.3) is 0 Å². The second kappa shape index (κ2) is 4.71. The van der Waals surface area contributed by atoms with Crippen LogP contribution in [0.1, 0.15) is 35.1 Å². The lowest BCUT2D eigenvalue weighted by atomic mass is 9.89. The van der Waals surface area contributed by atoms with E-state index in [1.807, 2.05) is 24.3 Å². The van der Waals surface area contributed by atoms with Crippen LogP contribution in [0.4, 0.5) is 4.39 Å². The van der Waals surface area contributed by atoms with Crippen molar-refractivity contribution in [2.45, 2.75) is 23.5 Å². The van der Waals surface area contributed by atoms with Crippen LogP contribution in [-0.4, -0.2) is 0 Å². The first-order chi connectivity index (χ1) is 9.22. The molecular formula is C16H12FNS. The summed E-state index contributed by atoms with van der Waals surface area (Å²) in [5.74, 6) is 0.546. The van der Waals surface area contributed by atoms with Gasteiger partial charge in [-0.15, -0.1) is 11.8 Å². The van der Waals surface area contributed by atoms with E-state index in [1.54, 1.807) is 17.8 Å². The van der Waals surface area contributed by atoms with Gasteiger partial charge in [-0.3, -0.25) is 0 Å². The predicted octanol–water partition coefficient (Wildman–Crippen LogP) is 4.45. The molecule has 1 unspecified atom stereocenters. The van der Waals surface area contributed by atoms with Crippen molar-refractivity contribution >= 4 is 11.8 Å². The molecule has 0 radical (unpaired) electrons. The molecule has 1 atom stereocenters. The third-order valence-electron chi connectivity index (χ3n) is 3.61. The molecule has 2 aromatic rings. The molecule has 0 saturated heterocycles. The van der Waals surface area contributed by atoms with Gasteiger partial charge in [-0.2, -0.15) is 5.26 Å². The number of fused-ring (bicyclic) bond motifs is 2. The van der Waals surface area contributed by atoms with Crippen molar-refractivity contribution in [1.29, 1.82) is 5.26 Å². The van der Waals surface area contributed by atoms with Crippen molar-refractivity contribution in [2.24, 2.45) is 0 Å². The lowest BCUT2D eigenvalue weighted by Gasteiger charge is -2.15. The van der Waals surface area contributed by atoms with Crippen molar-refractivity contribution in [2.75, 3.05) is 0 Å². The normalized spacial score (nSPS) is 17.0. The zero-order valence-electron chi connectivity index (χ0n) is 10.5. The van der Waals surface area contributed by atoms with Crippen LogP contribution in [0, 0.1) is 17.1 Å². The number of halogens is 1. The van der Waals surface area contributed by atoms with Crippen LogP contribution in [0.15, 0.2) is 41.3 Å². The molecular weight excluding hydrogens is 257 g/mol. The van der Waals surface area contributed by atoms with Crippen LogP contribution < -0.4 is 0 Å². The summed E-state index contributed by atoms with van der Waals surface area (Å²) in [5.41, 5.74) is 3.59. The average Bonchev–Trinajstić information content (AvgIpc) is 2.58. The molecule has 0 saturated carbocycles. The lowest BCUT2D eigenvalue weighted by Crippen LogP contribution is -2.01. The summed E-state index contributed by atoms with van der Waals surface area (Å²) in [6.45, 7) is 2.07. The molecule has 0 amide bonds. The van der Waals surface area contributed by atoms with Crippen LogP contribution in [-0.2, 0) is 5.75 Å². The second-order valence-corrected chi connectivity index (χ2v) is 5.64. The number of thioether (sulfide) groups is 1. The molecule has 0 spiro atoms. The molecule has 94 valence electrons. The summed E-state index contributed by atoms with van der Waals surface area (Å²) >= 11 is 1.56. The first kappa shape index (κ1) is 12.3. The van der Waals surface area contributed by atoms with Gasteiger partial charge in [-0.25, -0.2) is 4.39 Å². The van der Waals surface area contributed by atoms with Gasteiger partial charge in [0.05, 0.1) is 5.56 Å². The Bertz CT molecular complexity index is 688. The fourth-order valence-corrected chi connectivity index (χ4v) is 3.86. The highest BCUT2D eigenvalue weighted by Gasteiger charge is 2.24. The summed E-state index contributed by atoms with van der Waals surface area (Å²) < 4.78 is 14.0. The molecule has 2 aromatic carbocycles. The number of hydrogen-bond acceptors (Lipinski definition) is 2. The molecule has 0 aromatic heterocycles. The van der Waals surface area contributed by atoms with Gasteiger partial charge in [-0.05, 0) is 23.3 Å². The van der Waals surface area contributed by atoms with Crippen LogP contribution in [0.3, 0.4) is 0 Å².